The van der Waals surface area contributed by atoms with Gasteiger partial charge in [-0.3, -0.25) is 0 Å². The highest BCUT2D eigenvalue weighted by atomic mass is 19.1. The van der Waals surface area contributed by atoms with Gasteiger partial charge in [0.05, 0.1) is 0 Å². The average Bonchev–Trinajstić information content (AvgIpc) is 1.97. The van der Waals surface area contributed by atoms with Gasteiger partial charge in [0.15, 0.2) is 0 Å². The molecule has 0 aromatic heterocycles. The number of halogens is 1. The van der Waals surface area contributed by atoms with Crippen molar-refractivity contribution in [2.24, 2.45) is 5.92 Å². The van der Waals surface area contributed by atoms with Crippen LogP contribution in [0.4, 0.5) is 4.39 Å². The van der Waals surface area contributed by atoms with Gasteiger partial charge in [-0.05, 0) is 30.9 Å². The van der Waals surface area contributed by atoms with E-state index in [1.165, 1.54) is 6.08 Å². The van der Waals surface area contributed by atoms with Crippen molar-refractivity contribution < 1.29 is 4.39 Å². The van der Waals surface area contributed by atoms with Gasteiger partial charge in [0, 0.05) is 0 Å². The molecule has 11 heavy (non-hydrogen) atoms. The summed E-state index contributed by atoms with van der Waals surface area (Å²) < 4.78 is 12.7. The first-order valence-corrected chi connectivity index (χ1v) is 4.19. The van der Waals surface area contributed by atoms with Gasteiger partial charge in [-0.2, -0.15) is 0 Å². The number of hydrogen-bond acceptors (Lipinski definition) is 0. The largest absolute Gasteiger partial charge is 0.207 e. The molecule has 0 radical (unpaired) electrons. The third kappa shape index (κ3) is 7.31. The molecule has 0 saturated heterocycles. The fourth-order valence-electron chi connectivity index (χ4n) is 0.647. The minimum Gasteiger partial charge on any atom is -0.207 e. The van der Waals surface area contributed by atoms with Crippen LogP contribution in [0, 0.1) is 5.92 Å². The fraction of sp³-hybridized carbons (Fsp3) is 0.600. The molecule has 0 fully saturated rings. The van der Waals surface area contributed by atoms with Crippen molar-refractivity contribution in [1.82, 2.24) is 0 Å². The molecule has 0 nitrogen and oxygen atoms in total. The van der Waals surface area contributed by atoms with E-state index in [-0.39, 0.29) is 5.83 Å². The quantitative estimate of drug-likeness (QED) is 0.542. The summed E-state index contributed by atoms with van der Waals surface area (Å²) in [4.78, 5) is 0. The van der Waals surface area contributed by atoms with E-state index in [4.69, 9.17) is 0 Å². The number of allylic oxidation sites excluding steroid dienone is 4. The van der Waals surface area contributed by atoms with Crippen molar-refractivity contribution in [3.8, 4) is 0 Å². The molecule has 1 heteroatoms. The van der Waals surface area contributed by atoms with Crippen molar-refractivity contribution in [1.29, 1.82) is 0 Å². The molecule has 0 rings (SSSR count). The molecule has 0 aliphatic rings. The first kappa shape index (κ1) is 10.4. The lowest BCUT2D eigenvalue weighted by Crippen LogP contribution is -1.82. The van der Waals surface area contributed by atoms with Crippen LogP contribution in [0.15, 0.2) is 24.1 Å². The topological polar surface area (TPSA) is 0 Å². The Labute approximate surface area is 68.8 Å². The molecule has 0 aromatic rings. The van der Waals surface area contributed by atoms with Crippen molar-refractivity contribution in [2.75, 3.05) is 0 Å². The normalized spacial score (nSPS) is 13.4. The van der Waals surface area contributed by atoms with Gasteiger partial charge in [-0.25, -0.2) is 4.39 Å². The zero-order valence-electron chi connectivity index (χ0n) is 7.60. The monoisotopic (exact) mass is 156 g/mol. The molecule has 0 saturated carbocycles. The van der Waals surface area contributed by atoms with Crippen molar-refractivity contribution in [3.05, 3.63) is 24.1 Å². The minimum atomic E-state index is -0.111. The Morgan fingerprint density at radius 1 is 1.45 bits per heavy atom. The Balaban J connectivity index is 3.71. The molecule has 0 aliphatic heterocycles. The molecule has 0 amide bonds. The van der Waals surface area contributed by atoms with E-state index in [0.29, 0.717) is 5.92 Å². The van der Waals surface area contributed by atoms with Crippen LogP contribution in [0.1, 0.15) is 33.6 Å². The molecule has 0 atom stereocenters. The average molecular weight is 156 g/mol. The predicted octanol–water partition coefficient (Wildman–Crippen LogP) is 3.85. The summed E-state index contributed by atoms with van der Waals surface area (Å²) in [5.41, 5.74) is 0. The number of rotatable bonds is 4. The lowest BCUT2D eigenvalue weighted by atomic mass is 10.1. The zero-order chi connectivity index (χ0) is 8.69. The fourth-order valence-corrected chi connectivity index (χ4v) is 0.647. The van der Waals surface area contributed by atoms with E-state index in [2.05, 4.69) is 13.8 Å². The van der Waals surface area contributed by atoms with Crippen LogP contribution in [0.3, 0.4) is 0 Å². The summed E-state index contributed by atoms with van der Waals surface area (Å²) in [5.74, 6) is 0.427. The maximum atomic E-state index is 12.7. The van der Waals surface area contributed by atoms with Crippen LogP contribution < -0.4 is 0 Å². The zero-order valence-corrected chi connectivity index (χ0v) is 7.60. The van der Waals surface area contributed by atoms with Crippen molar-refractivity contribution in [2.45, 2.75) is 33.6 Å². The van der Waals surface area contributed by atoms with Crippen LogP contribution in [0.5, 0.6) is 0 Å². The van der Waals surface area contributed by atoms with Gasteiger partial charge >= 0.3 is 0 Å². The number of hydrogen-bond donors (Lipinski definition) is 0. The summed E-state index contributed by atoms with van der Waals surface area (Å²) in [6, 6.07) is 0. The second-order valence-corrected chi connectivity index (χ2v) is 3.03. The standard InChI is InChI=1S/C10H17F/c1-4-5-6-10(11)8-7-9(2)3/h5-6,8-9H,4,7H2,1-3H3/b6-5-,10-8+. The molecular formula is C10H17F. The third-order valence-corrected chi connectivity index (χ3v) is 1.30. The summed E-state index contributed by atoms with van der Waals surface area (Å²) in [6.45, 7) is 6.15. The smallest absolute Gasteiger partial charge is 0.118 e. The first-order valence-electron chi connectivity index (χ1n) is 4.19. The van der Waals surface area contributed by atoms with Crippen molar-refractivity contribution in [3.63, 3.8) is 0 Å². The third-order valence-electron chi connectivity index (χ3n) is 1.30. The second-order valence-electron chi connectivity index (χ2n) is 3.03. The molecule has 0 N–H and O–H groups in total. The van der Waals surface area contributed by atoms with Gasteiger partial charge < -0.3 is 0 Å². The Morgan fingerprint density at radius 3 is 2.55 bits per heavy atom. The van der Waals surface area contributed by atoms with Crippen LogP contribution in [0.25, 0.3) is 0 Å². The van der Waals surface area contributed by atoms with E-state index in [9.17, 15) is 4.39 Å². The minimum absolute atomic E-state index is 0.111. The lowest BCUT2D eigenvalue weighted by Gasteiger charge is -1.96. The SMILES string of the molecule is CC/C=C\C(F)=C/CC(C)C. The Hall–Kier alpha value is -0.590. The van der Waals surface area contributed by atoms with Gasteiger partial charge in [-0.15, -0.1) is 0 Å². The maximum absolute atomic E-state index is 12.7. The molecule has 0 aromatic carbocycles. The Morgan fingerprint density at radius 2 is 2.09 bits per heavy atom. The van der Waals surface area contributed by atoms with Crippen LogP contribution in [-0.4, -0.2) is 0 Å². The molecule has 0 bridgehead atoms. The van der Waals surface area contributed by atoms with Gasteiger partial charge in [0.25, 0.3) is 0 Å². The first-order chi connectivity index (χ1) is 5.16. The van der Waals surface area contributed by atoms with Gasteiger partial charge in [0.2, 0.25) is 0 Å². The van der Waals surface area contributed by atoms with Crippen LogP contribution in [-0.2, 0) is 0 Å². The predicted molar refractivity (Wildman–Crippen MR) is 48.1 cm³/mol. The molecular weight excluding hydrogens is 139 g/mol. The van der Waals surface area contributed by atoms with Crippen molar-refractivity contribution >= 4 is 0 Å². The Bertz CT molecular complexity index is 143. The molecule has 64 valence electrons. The summed E-state index contributed by atoms with van der Waals surface area (Å²) in [7, 11) is 0. The second kappa shape index (κ2) is 6.14. The molecule has 0 aliphatic carbocycles. The highest BCUT2D eigenvalue weighted by Crippen LogP contribution is 2.06. The summed E-state index contributed by atoms with van der Waals surface area (Å²) in [5, 5.41) is 0. The highest BCUT2D eigenvalue weighted by Gasteiger charge is 1.90. The highest BCUT2D eigenvalue weighted by molar-refractivity contribution is 5.10. The Kier molecular flexibility index (Phi) is 5.81. The van der Waals surface area contributed by atoms with E-state index in [1.807, 2.05) is 13.0 Å². The van der Waals surface area contributed by atoms with E-state index in [1.54, 1.807) is 6.08 Å². The summed E-state index contributed by atoms with van der Waals surface area (Å²) >= 11 is 0. The van der Waals surface area contributed by atoms with Gasteiger partial charge in [0.1, 0.15) is 5.83 Å². The molecule has 0 heterocycles. The van der Waals surface area contributed by atoms with Crippen LogP contribution in [0.2, 0.25) is 0 Å². The lowest BCUT2D eigenvalue weighted by molar-refractivity contribution is 0.621. The molecule has 0 unspecified atom stereocenters. The van der Waals surface area contributed by atoms with E-state index < -0.39 is 0 Å². The van der Waals surface area contributed by atoms with E-state index in [0.717, 1.165) is 12.8 Å². The molecule has 0 spiro atoms. The summed E-state index contributed by atoms with van der Waals surface area (Å²) in [6.07, 6.45) is 6.70. The van der Waals surface area contributed by atoms with Gasteiger partial charge in [-0.1, -0.05) is 26.8 Å². The van der Waals surface area contributed by atoms with Crippen LogP contribution >= 0.6 is 0 Å². The maximum Gasteiger partial charge on any atom is 0.118 e. The van der Waals surface area contributed by atoms with E-state index >= 15 is 0 Å².